The third-order valence-electron chi connectivity index (χ3n) is 4.34. The smallest absolute Gasteiger partial charge is 0.211 e. The summed E-state index contributed by atoms with van der Waals surface area (Å²) in [6, 6.07) is 8.74. The van der Waals surface area contributed by atoms with Gasteiger partial charge in [0, 0.05) is 32.7 Å². The van der Waals surface area contributed by atoms with Gasteiger partial charge in [-0.1, -0.05) is 29.8 Å². The number of aryl methyl sites for hydroxylation is 1. The fourth-order valence-corrected chi connectivity index (χ4v) is 3.43. The van der Waals surface area contributed by atoms with Gasteiger partial charge < -0.3 is 4.90 Å². The zero-order valence-electron chi connectivity index (χ0n) is 14.3. The number of benzene rings is 1. The Bertz CT molecular complexity index is 572. The normalized spacial score (nSPS) is 18.0. The average Bonchev–Trinajstić information content (AvgIpc) is 2.75. The van der Waals surface area contributed by atoms with E-state index in [9.17, 15) is 8.42 Å². The molecule has 23 heavy (non-hydrogen) atoms. The van der Waals surface area contributed by atoms with Crippen molar-refractivity contribution in [3.05, 3.63) is 35.4 Å². The maximum Gasteiger partial charge on any atom is 0.211 e. The molecule has 0 bridgehead atoms. The van der Waals surface area contributed by atoms with Gasteiger partial charge in [0.25, 0.3) is 0 Å². The summed E-state index contributed by atoms with van der Waals surface area (Å²) >= 11 is 0. The van der Waals surface area contributed by atoms with Crippen LogP contribution in [0.15, 0.2) is 24.3 Å². The Balaban J connectivity index is 1.75. The largest absolute Gasteiger partial charge is 0.301 e. The van der Waals surface area contributed by atoms with Crippen molar-refractivity contribution in [3.63, 3.8) is 0 Å². The van der Waals surface area contributed by atoms with E-state index in [4.69, 9.17) is 0 Å². The van der Waals surface area contributed by atoms with Gasteiger partial charge in [-0.15, -0.1) is 0 Å². The van der Waals surface area contributed by atoms with E-state index in [-0.39, 0.29) is 5.75 Å². The van der Waals surface area contributed by atoms with Crippen LogP contribution < -0.4 is 4.72 Å². The van der Waals surface area contributed by atoms with E-state index < -0.39 is 10.0 Å². The average molecular weight is 340 g/mol. The monoisotopic (exact) mass is 339 g/mol. The molecule has 0 unspecified atom stereocenters. The van der Waals surface area contributed by atoms with Crippen LogP contribution >= 0.6 is 0 Å². The second-order valence-corrected chi connectivity index (χ2v) is 8.35. The van der Waals surface area contributed by atoms with Crippen LogP contribution in [-0.4, -0.2) is 63.2 Å². The van der Waals surface area contributed by atoms with E-state index in [1.807, 2.05) is 0 Å². The van der Waals surface area contributed by atoms with E-state index in [1.165, 1.54) is 11.1 Å². The Hall–Kier alpha value is -0.950. The van der Waals surface area contributed by atoms with Crippen molar-refractivity contribution < 1.29 is 8.42 Å². The number of nitrogens with zero attached hydrogens (tertiary/aromatic N) is 2. The Labute approximate surface area is 140 Å². The highest BCUT2D eigenvalue weighted by molar-refractivity contribution is 7.89. The summed E-state index contributed by atoms with van der Waals surface area (Å²) in [6.45, 7) is 10.2. The van der Waals surface area contributed by atoms with Crippen molar-refractivity contribution in [2.45, 2.75) is 26.8 Å². The minimum absolute atomic E-state index is 0.150. The van der Waals surface area contributed by atoms with Crippen molar-refractivity contribution >= 4 is 10.0 Å². The molecule has 1 N–H and O–H groups in total. The van der Waals surface area contributed by atoms with Gasteiger partial charge in [0.05, 0.1) is 5.75 Å². The van der Waals surface area contributed by atoms with Crippen molar-refractivity contribution in [1.29, 1.82) is 0 Å². The van der Waals surface area contributed by atoms with Crippen LogP contribution in [0.25, 0.3) is 0 Å². The van der Waals surface area contributed by atoms with Gasteiger partial charge >= 0.3 is 0 Å². The summed E-state index contributed by atoms with van der Waals surface area (Å²) in [7, 11) is -3.07. The molecule has 1 fully saturated rings. The Morgan fingerprint density at radius 1 is 1.04 bits per heavy atom. The highest BCUT2D eigenvalue weighted by Crippen LogP contribution is 2.10. The van der Waals surface area contributed by atoms with E-state index in [0.717, 1.165) is 45.7 Å². The molecule has 0 amide bonds. The van der Waals surface area contributed by atoms with E-state index in [1.54, 1.807) is 6.92 Å². The maximum atomic E-state index is 11.5. The quantitative estimate of drug-likeness (QED) is 0.817. The van der Waals surface area contributed by atoms with Crippen LogP contribution in [0.3, 0.4) is 0 Å². The van der Waals surface area contributed by atoms with Gasteiger partial charge in [-0.25, -0.2) is 13.1 Å². The molecule has 1 saturated heterocycles. The molecule has 1 aliphatic rings. The van der Waals surface area contributed by atoms with Gasteiger partial charge in [0.2, 0.25) is 10.0 Å². The maximum absolute atomic E-state index is 11.5. The molecule has 130 valence electrons. The molecular formula is C17H29N3O2S. The molecule has 5 nitrogen and oxygen atoms in total. The molecule has 6 heteroatoms. The van der Waals surface area contributed by atoms with Gasteiger partial charge in [-0.3, -0.25) is 4.90 Å². The van der Waals surface area contributed by atoms with E-state index >= 15 is 0 Å². The van der Waals surface area contributed by atoms with Crippen molar-refractivity contribution in [2.24, 2.45) is 0 Å². The minimum atomic E-state index is -3.07. The predicted octanol–water partition coefficient (Wildman–Crippen LogP) is 1.44. The van der Waals surface area contributed by atoms with E-state index in [2.05, 4.69) is 45.7 Å². The summed E-state index contributed by atoms with van der Waals surface area (Å²) in [4.78, 5) is 4.84. The van der Waals surface area contributed by atoms with Gasteiger partial charge in [0.1, 0.15) is 0 Å². The zero-order valence-corrected chi connectivity index (χ0v) is 15.1. The summed E-state index contributed by atoms with van der Waals surface area (Å²) in [5, 5.41) is 0. The molecule has 1 aromatic rings. The molecule has 0 aliphatic carbocycles. The van der Waals surface area contributed by atoms with Crippen LogP contribution in [0.5, 0.6) is 0 Å². The fourth-order valence-electron chi connectivity index (χ4n) is 2.82. The topological polar surface area (TPSA) is 52.7 Å². The lowest BCUT2D eigenvalue weighted by Crippen LogP contribution is -2.37. The van der Waals surface area contributed by atoms with Crippen LogP contribution in [0, 0.1) is 6.92 Å². The fraction of sp³-hybridized carbons (Fsp3) is 0.647. The predicted molar refractivity (Wildman–Crippen MR) is 95.0 cm³/mol. The van der Waals surface area contributed by atoms with Gasteiger partial charge in [-0.05, 0) is 38.9 Å². The van der Waals surface area contributed by atoms with Crippen LogP contribution in [0.1, 0.15) is 24.5 Å². The van der Waals surface area contributed by atoms with Crippen molar-refractivity contribution in [1.82, 2.24) is 14.5 Å². The summed E-state index contributed by atoms with van der Waals surface area (Å²) in [6.07, 6.45) is 1.13. The summed E-state index contributed by atoms with van der Waals surface area (Å²) < 4.78 is 25.6. The number of sulfonamides is 1. The number of nitrogens with one attached hydrogen (secondary N) is 1. The SMILES string of the molecule is CCS(=O)(=O)NCCN1CCCN(Cc2ccc(C)cc2)CC1. The van der Waals surface area contributed by atoms with E-state index in [0.29, 0.717) is 6.54 Å². The number of hydrogen-bond donors (Lipinski definition) is 1. The first-order chi connectivity index (χ1) is 11.0. The van der Waals surface area contributed by atoms with Crippen molar-refractivity contribution in [3.8, 4) is 0 Å². The van der Waals surface area contributed by atoms with Gasteiger partial charge in [0.15, 0.2) is 0 Å². The molecule has 1 heterocycles. The highest BCUT2D eigenvalue weighted by Gasteiger charge is 2.15. The number of rotatable bonds is 7. The summed E-state index contributed by atoms with van der Waals surface area (Å²) in [5.41, 5.74) is 2.66. The zero-order chi connectivity index (χ0) is 16.7. The highest BCUT2D eigenvalue weighted by atomic mass is 32.2. The molecule has 0 radical (unpaired) electrons. The Morgan fingerprint density at radius 2 is 1.70 bits per heavy atom. The van der Waals surface area contributed by atoms with Crippen LogP contribution in [-0.2, 0) is 16.6 Å². The third-order valence-corrected chi connectivity index (χ3v) is 5.74. The van der Waals surface area contributed by atoms with Crippen LogP contribution in [0.4, 0.5) is 0 Å². The van der Waals surface area contributed by atoms with Gasteiger partial charge in [-0.2, -0.15) is 0 Å². The first-order valence-corrected chi connectivity index (χ1v) is 10.1. The lowest BCUT2D eigenvalue weighted by Gasteiger charge is -2.22. The molecule has 0 atom stereocenters. The van der Waals surface area contributed by atoms with Crippen molar-refractivity contribution in [2.75, 3.05) is 45.0 Å². The Morgan fingerprint density at radius 3 is 2.39 bits per heavy atom. The lowest BCUT2D eigenvalue weighted by molar-refractivity contribution is 0.253. The molecule has 1 aromatic carbocycles. The summed E-state index contributed by atoms with van der Waals surface area (Å²) in [5.74, 6) is 0.150. The first kappa shape index (κ1) is 18.4. The third kappa shape index (κ3) is 6.59. The molecule has 1 aliphatic heterocycles. The molecule has 0 saturated carbocycles. The minimum Gasteiger partial charge on any atom is -0.301 e. The standard InChI is InChI=1S/C17H29N3O2S/c1-3-23(21,22)18-9-12-19-10-4-11-20(14-13-19)15-17-7-5-16(2)6-8-17/h5-8,18H,3-4,9-15H2,1-2H3. The molecule has 0 aromatic heterocycles. The molecule has 0 spiro atoms. The second kappa shape index (κ2) is 8.78. The molecule has 2 rings (SSSR count). The Kier molecular flexibility index (Phi) is 7.02. The number of hydrogen-bond acceptors (Lipinski definition) is 4. The molecular weight excluding hydrogens is 310 g/mol. The lowest BCUT2D eigenvalue weighted by atomic mass is 10.1. The second-order valence-electron chi connectivity index (χ2n) is 6.25. The van der Waals surface area contributed by atoms with Crippen LogP contribution in [0.2, 0.25) is 0 Å². The first-order valence-electron chi connectivity index (χ1n) is 8.46.